The molecule has 1 amide bonds. The summed E-state index contributed by atoms with van der Waals surface area (Å²) in [5.74, 6) is -1.22. The standard InChI is InChI=1S/C28H30ClNO7S/c1-28(2,3)37-27(34)30(18-25(31)20-6-4-8-22(29)16-20)15-14-19-10-12-23(13-11-19)38(35,36)24-9-5-7-21(17-24)26(32)33/h4-13,16-17,25,31H,14-15,18H2,1-3H3,(H,32,33). The first-order valence-corrected chi connectivity index (χ1v) is 13.7. The summed E-state index contributed by atoms with van der Waals surface area (Å²) in [5.41, 5.74) is 0.469. The Labute approximate surface area is 227 Å². The lowest BCUT2D eigenvalue weighted by atomic mass is 10.1. The average molecular weight is 560 g/mol. The summed E-state index contributed by atoms with van der Waals surface area (Å²) < 4.78 is 31.5. The van der Waals surface area contributed by atoms with Crippen LogP contribution in [0, 0.1) is 0 Å². The minimum absolute atomic E-state index is 0.0177. The molecule has 0 bridgehead atoms. The molecule has 0 radical (unpaired) electrons. The van der Waals surface area contributed by atoms with Gasteiger partial charge in [-0.25, -0.2) is 18.0 Å². The van der Waals surface area contributed by atoms with Gasteiger partial charge in [0.2, 0.25) is 9.84 Å². The predicted octanol–water partition coefficient (Wildman–Crippen LogP) is 5.38. The van der Waals surface area contributed by atoms with Crippen LogP contribution in [0.3, 0.4) is 0 Å². The van der Waals surface area contributed by atoms with Crippen LogP contribution in [0.25, 0.3) is 0 Å². The van der Waals surface area contributed by atoms with Crippen LogP contribution in [0.4, 0.5) is 4.79 Å². The van der Waals surface area contributed by atoms with Crippen molar-refractivity contribution in [1.29, 1.82) is 0 Å². The second kappa shape index (κ2) is 12.0. The summed E-state index contributed by atoms with van der Waals surface area (Å²) >= 11 is 6.04. The van der Waals surface area contributed by atoms with E-state index in [4.69, 9.17) is 21.4 Å². The molecule has 2 N–H and O–H groups in total. The largest absolute Gasteiger partial charge is 0.478 e. The van der Waals surface area contributed by atoms with Crippen molar-refractivity contribution >= 4 is 33.5 Å². The van der Waals surface area contributed by atoms with Crippen molar-refractivity contribution in [3.8, 4) is 0 Å². The van der Waals surface area contributed by atoms with Gasteiger partial charge in [0.1, 0.15) is 5.60 Å². The van der Waals surface area contributed by atoms with Gasteiger partial charge in [0, 0.05) is 11.6 Å². The van der Waals surface area contributed by atoms with E-state index in [0.29, 0.717) is 17.0 Å². The zero-order valence-electron chi connectivity index (χ0n) is 21.3. The maximum atomic E-state index is 13.0. The van der Waals surface area contributed by atoms with Crippen LogP contribution in [-0.2, 0) is 21.0 Å². The van der Waals surface area contributed by atoms with Gasteiger partial charge >= 0.3 is 12.1 Å². The van der Waals surface area contributed by atoms with E-state index in [1.165, 1.54) is 35.2 Å². The molecule has 3 aromatic carbocycles. The lowest BCUT2D eigenvalue weighted by Crippen LogP contribution is -2.40. The van der Waals surface area contributed by atoms with Crippen molar-refractivity contribution in [2.45, 2.75) is 48.7 Å². The van der Waals surface area contributed by atoms with Crippen molar-refractivity contribution in [3.05, 3.63) is 94.5 Å². The van der Waals surface area contributed by atoms with E-state index < -0.39 is 33.6 Å². The fourth-order valence-corrected chi connectivity index (χ4v) is 5.15. The topological polar surface area (TPSA) is 121 Å². The van der Waals surface area contributed by atoms with E-state index in [9.17, 15) is 23.1 Å². The lowest BCUT2D eigenvalue weighted by molar-refractivity contribution is 0.0147. The second-order valence-electron chi connectivity index (χ2n) is 9.73. The quantitative estimate of drug-likeness (QED) is 0.361. The number of ether oxygens (including phenoxy) is 1. The Hall–Kier alpha value is -3.40. The summed E-state index contributed by atoms with van der Waals surface area (Å²) in [4.78, 5) is 25.4. The first-order chi connectivity index (χ1) is 17.8. The molecule has 1 atom stereocenters. The number of aliphatic hydroxyl groups is 1. The number of aliphatic hydroxyl groups excluding tert-OH is 1. The molecule has 8 nitrogen and oxygen atoms in total. The number of carboxylic acids is 1. The Morgan fingerprint density at radius 1 is 0.974 bits per heavy atom. The normalized spacial score (nSPS) is 12.6. The Morgan fingerprint density at radius 3 is 2.24 bits per heavy atom. The molecule has 1 unspecified atom stereocenters. The molecule has 3 rings (SSSR count). The molecule has 0 aromatic heterocycles. The SMILES string of the molecule is CC(C)(C)OC(=O)N(CCc1ccc(S(=O)(=O)c2cccc(C(=O)O)c2)cc1)CC(O)c1cccc(Cl)c1. The molecule has 0 aliphatic heterocycles. The number of hydrogen-bond acceptors (Lipinski definition) is 6. The lowest BCUT2D eigenvalue weighted by Gasteiger charge is -2.29. The van der Waals surface area contributed by atoms with Crippen molar-refractivity contribution in [3.63, 3.8) is 0 Å². The van der Waals surface area contributed by atoms with E-state index in [1.54, 1.807) is 57.2 Å². The third-order valence-corrected chi connectivity index (χ3v) is 7.58. The van der Waals surface area contributed by atoms with E-state index in [1.807, 2.05) is 0 Å². The number of rotatable bonds is 9. The fourth-order valence-electron chi connectivity index (χ4n) is 3.64. The number of amides is 1. The van der Waals surface area contributed by atoms with E-state index in [0.717, 1.165) is 11.6 Å². The second-order valence-corrected chi connectivity index (χ2v) is 12.1. The summed E-state index contributed by atoms with van der Waals surface area (Å²) in [7, 11) is -3.92. The molecule has 0 aliphatic carbocycles. The van der Waals surface area contributed by atoms with Crippen LogP contribution in [0.15, 0.2) is 82.6 Å². The first kappa shape index (κ1) is 29.2. The van der Waals surface area contributed by atoms with Gasteiger partial charge in [-0.1, -0.05) is 41.9 Å². The Balaban J connectivity index is 1.75. The zero-order chi connectivity index (χ0) is 28.1. The molecule has 0 saturated carbocycles. The van der Waals surface area contributed by atoms with Crippen molar-refractivity contribution < 1.29 is 33.0 Å². The summed E-state index contributed by atoms with van der Waals surface area (Å²) in [6.45, 7) is 5.44. The number of carboxylic acid groups (broad SMARTS) is 1. The zero-order valence-corrected chi connectivity index (χ0v) is 22.9. The molecular formula is C28H30ClNO7S. The average Bonchev–Trinajstić information content (AvgIpc) is 2.85. The summed E-state index contributed by atoms with van der Waals surface area (Å²) in [6.07, 6.45) is -1.21. The number of carbonyl (C=O) groups excluding carboxylic acids is 1. The van der Waals surface area contributed by atoms with Crippen molar-refractivity contribution in [2.75, 3.05) is 13.1 Å². The number of aromatic carboxylic acids is 1. The van der Waals surface area contributed by atoms with Crippen LogP contribution in [0.5, 0.6) is 0 Å². The number of halogens is 1. The smallest absolute Gasteiger partial charge is 0.410 e. The van der Waals surface area contributed by atoms with Gasteiger partial charge < -0.3 is 19.8 Å². The van der Waals surface area contributed by atoms with E-state index in [2.05, 4.69) is 0 Å². The highest BCUT2D eigenvalue weighted by Gasteiger charge is 2.25. The molecular weight excluding hydrogens is 530 g/mol. The van der Waals surface area contributed by atoms with Crippen LogP contribution in [0.1, 0.15) is 48.4 Å². The van der Waals surface area contributed by atoms with Crippen molar-refractivity contribution in [2.24, 2.45) is 0 Å². The summed E-state index contributed by atoms with van der Waals surface area (Å²) in [5, 5.41) is 20.4. The molecule has 10 heteroatoms. The van der Waals surface area contributed by atoms with Crippen LogP contribution in [0.2, 0.25) is 5.02 Å². The van der Waals surface area contributed by atoms with Gasteiger partial charge in [0.25, 0.3) is 0 Å². The minimum atomic E-state index is -3.92. The third-order valence-electron chi connectivity index (χ3n) is 5.57. The van der Waals surface area contributed by atoms with Crippen molar-refractivity contribution in [1.82, 2.24) is 4.90 Å². The first-order valence-electron chi connectivity index (χ1n) is 11.8. The number of hydrogen-bond donors (Lipinski definition) is 2. The predicted molar refractivity (Wildman–Crippen MR) is 143 cm³/mol. The van der Waals surface area contributed by atoms with E-state index in [-0.39, 0.29) is 28.4 Å². The number of sulfone groups is 1. The number of carbonyl (C=O) groups is 2. The third kappa shape index (κ3) is 7.80. The highest BCUT2D eigenvalue weighted by Crippen LogP contribution is 2.23. The summed E-state index contributed by atoms with van der Waals surface area (Å²) in [6, 6.07) is 18.1. The van der Waals surface area contributed by atoms with Gasteiger partial charge in [-0.15, -0.1) is 0 Å². The fraction of sp³-hybridized carbons (Fsp3) is 0.286. The number of benzene rings is 3. The monoisotopic (exact) mass is 559 g/mol. The molecule has 0 heterocycles. The van der Waals surface area contributed by atoms with Gasteiger partial charge in [0.05, 0.1) is 28.0 Å². The molecule has 3 aromatic rings. The van der Waals surface area contributed by atoms with Crippen LogP contribution in [-0.4, -0.2) is 54.3 Å². The van der Waals surface area contributed by atoms with E-state index >= 15 is 0 Å². The van der Waals surface area contributed by atoms with Crippen LogP contribution < -0.4 is 0 Å². The highest BCUT2D eigenvalue weighted by atomic mass is 35.5. The van der Waals surface area contributed by atoms with Gasteiger partial charge in [-0.2, -0.15) is 0 Å². The Morgan fingerprint density at radius 2 is 1.63 bits per heavy atom. The van der Waals surface area contributed by atoms with Gasteiger partial charge in [-0.05, 0) is 80.8 Å². The molecule has 0 spiro atoms. The maximum Gasteiger partial charge on any atom is 0.410 e. The number of nitrogens with zero attached hydrogens (tertiary/aromatic N) is 1. The Kier molecular flexibility index (Phi) is 9.19. The molecule has 202 valence electrons. The molecule has 0 aliphatic rings. The van der Waals surface area contributed by atoms with Crippen LogP contribution >= 0.6 is 11.6 Å². The van der Waals surface area contributed by atoms with Gasteiger partial charge in [0.15, 0.2) is 0 Å². The molecule has 0 fully saturated rings. The Bertz CT molecular complexity index is 1400. The molecule has 0 saturated heterocycles. The van der Waals surface area contributed by atoms with Gasteiger partial charge in [-0.3, -0.25) is 0 Å². The molecule has 38 heavy (non-hydrogen) atoms. The maximum absolute atomic E-state index is 13.0. The highest BCUT2D eigenvalue weighted by molar-refractivity contribution is 7.91. The minimum Gasteiger partial charge on any atom is -0.478 e.